The summed E-state index contributed by atoms with van der Waals surface area (Å²) in [4.78, 5) is 18.5. The Morgan fingerprint density at radius 1 is 1.12 bits per heavy atom. The number of hydrogen-bond donors (Lipinski definition) is 1. The van der Waals surface area contributed by atoms with E-state index in [2.05, 4.69) is 15.5 Å². The Hall–Kier alpha value is -2.86. The van der Waals surface area contributed by atoms with Crippen LogP contribution in [-0.2, 0) is 4.79 Å². The number of carbonyl (C=O) groups excluding carboxylic acids is 1. The number of hydrogen-bond acceptors (Lipinski definition) is 5. The van der Waals surface area contributed by atoms with Crippen molar-refractivity contribution in [3.8, 4) is 0 Å². The minimum absolute atomic E-state index is 0.161. The molecule has 0 saturated carbocycles. The van der Waals surface area contributed by atoms with Crippen LogP contribution in [0.1, 0.15) is 5.56 Å². The van der Waals surface area contributed by atoms with Crippen molar-refractivity contribution in [3.05, 3.63) is 66.2 Å². The second-order valence-electron chi connectivity index (χ2n) is 5.91. The number of aromatic nitrogens is 1. The third-order valence-electron chi connectivity index (χ3n) is 3.74. The first-order valence-corrected chi connectivity index (χ1v) is 9.18. The average molecular weight is 364 g/mol. The number of hydrazone groups is 1. The van der Waals surface area contributed by atoms with Crippen LogP contribution in [0.3, 0.4) is 0 Å². The molecular formula is C20H20N4OS. The normalized spacial score (nSPS) is 11.0. The number of rotatable bonds is 6. The molecule has 2 aromatic carbocycles. The lowest BCUT2D eigenvalue weighted by Crippen LogP contribution is -2.19. The Labute approximate surface area is 157 Å². The van der Waals surface area contributed by atoms with E-state index in [0.717, 1.165) is 27.2 Å². The van der Waals surface area contributed by atoms with Crippen LogP contribution >= 0.6 is 11.8 Å². The molecule has 0 spiro atoms. The summed E-state index contributed by atoms with van der Waals surface area (Å²) in [5.41, 5.74) is 5.52. The van der Waals surface area contributed by atoms with Crippen LogP contribution in [0.15, 0.2) is 70.8 Å². The van der Waals surface area contributed by atoms with Gasteiger partial charge in [0, 0.05) is 25.2 Å². The highest BCUT2D eigenvalue weighted by Gasteiger charge is 2.04. The minimum atomic E-state index is -0.161. The summed E-state index contributed by atoms with van der Waals surface area (Å²) in [5.74, 6) is 0.105. The monoisotopic (exact) mass is 364 g/mol. The van der Waals surface area contributed by atoms with Crippen molar-refractivity contribution in [2.24, 2.45) is 5.10 Å². The Bertz CT molecular complexity index is 923. The molecule has 3 aromatic rings. The number of fused-ring (bicyclic) bond motifs is 1. The number of nitrogens with zero attached hydrogens (tertiary/aromatic N) is 3. The number of nitrogens with one attached hydrogen (secondary N) is 1. The predicted molar refractivity (Wildman–Crippen MR) is 109 cm³/mol. The third-order valence-corrected chi connectivity index (χ3v) is 4.67. The van der Waals surface area contributed by atoms with Gasteiger partial charge in [-0.05, 0) is 29.8 Å². The lowest BCUT2D eigenvalue weighted by Gasteiger charge is -2.11. The van der Waals surface area contributed by atoms with E-state index in [1.807, 2.05) is 79.7 Å². The van der Waals surface area contributed by atoms with Crippen molar-refractivity contribution in [2.75, 3.05) is 24.7 Å². The zero-order valence-corrected chi connectivity index (χ0v) is 15.5. The van der Waals surface area contributed by atoms with E-state index in [1.165, 1.54) is 11.8 Å². The van der Waals surface area contributed by atoms with E-state index in [1.54, 1.807) is 6.21 Å². The van der Waals surface area contributed by atoms with E-state index in [-0.39, 0.29) is 11.7 Å². The summed E-state index contributed by atoms with van der Waals surface area (Å²) in [6.07, 6.45) is 1.64. The fourth-order valence-electron chi connectivity index (χ4n) is 2.34. The average Bonchev–Trinajstić information content (AvgIpc) is 2.66. The van der Waals surface area contributed by atoms with Gasteiger partial charge in [-0.25, -0.2) is 10.4 Å². The van der Waals surface area contributed by atoms with Crippen molar-refractivity contribution in [1.82, 2.24) is 10.4 Å². The largest absolute Gasteiger partial charge is 0.378 e. The molecule has 1 N–H and O–H groups in total. The van der Waals surface area contributed by atoms with Gasteiger partial charge in [0.15, 0.2) is 0 Å². The molecule has 0 aliphatic heterocycles. The van der Waals surface area contributed by atoms with Gasteiger partial charge in [-0.3, -0.25) is 4.79 Å². The maximum absolute atomic E-state index is 11.9. The maximum atomic E-state index is 11.9. The fraction of sp³-hybridized carbons (Fsp3) is 0.150. The SMILES string of the molecule is CN(C)c1ccc(C=NNC(=O)CSc2ccc3ccccc3n2)cc1. The van der Waals surface area contributed by atoms with E-state index in [9.17, 15) is 4.79 Å². The van der Waals surface area contributed by atoms with E-state index >= 15 is 0 Å². The molecule has 1 aromatic heterocycles. The highest BCUT2D eigenvalue weighted by molar-refractivity contribution is 7.99. The van der Waals surface area contributed by atoms with Crippen LogP contribution in [0.4, 0.5) is 5.69 Å². The lowest BCUT2D eigenvalue weighted by molar-refractivity contribution is -0.118. The van der Waals surface area contributed by atoms with E-state index in [4.69, 9.17) is 0 Å². The highest BCUT2D eigenvalue weighted by atomic mass is 32.2. The smallest absolute Gasteiger partial charge is 0.250 e. The van der Waals surface area contributed by atoms with Crippen molar-refractivity contribution < 1.29 is 4.79 Å². The topological polar surface area (TPSA) is 57.6 Å². The zero-order chi connectivity index (χ0) is 18.4. The van der Waals surface area contributed by atoms with Crippen molar-refractivity contribution in [3.63, 3.8) is 0 Å². The van der Waals surface area contributed by atoms with Crippen LogP contribution < -0.4 is 10.3 Å². The molecule has 1 heterocycles. The highest BCUT2D eigenvalue weighted by Crippen LogP contribution is 2.19. The molecule has 6 heteroatoms. The number of pyridine rings is 1. The molecule has 0 unspecified atom stereocenters. The first kappa shape index (κ1) is 17.9. The summed E-state index contributed by atoms with van der Waals surface area (Å²) in [7, 11) is 3.98. The van der Waals surface area contributed by atoms with E-state index < -0.39 is 0 Å². The number of benzene rings is 2. The van der Waals surface area contributed by atoms with E-state index in [0.29, 0.717) is 0 Å². The Morgan fingerprint density at radius 2 is 1.88 bits per heavy atom. The summed E-state index contributed by atoms with van der Waals surface area (Å²) >= 11 is 1.39. The molecular weight excluding hydrogens is 344 g/mol. The van der Waals surface area contributed by atoms with Gasteiger partial charge in [-0.15, -0.1) is 0 Å². The Morgan fingerprint density at radius 3 is 2.65 bits per heavy atom. The van der Waals surface area contributed by atoms with Gasteiger partial charge in [-0.2, -0.15) is 5.10 Å². The lowest BCUT2D eigenvalue weighted by atomic mass is 10.2. The summed E-state index contributed by atoms with van der Waals surface area (Å²) in [6, 6.07) is 19.8. The summed E-state index contributed by atoms with van der Waals surface area (Å²) < 4.78 is 0. The van der Waals surface area contributed by atoms with Crippen LogP contribution in [0.2, 0.25) is 0 Å². The molecule has 0 aliphatic carbocycles. The zero-order valence-electron chi connectivity index (χ0n) is 14.7. The van der Waals surface area contributed by atoms with Crippen LogP contribution in [-0.4, -0.2) is 37.0 Å². The number of amides is 1. The predicted octanol–water partition coefficient (Wildman–Crippen LogP) is 3.54. The fourth-order valence-corrected chi connectivity index (χ4v) is 3.01. The number of para-hydroxylation sites is 1. The number of thioether (sulfide) groups is 1. The molecule has 0 radical (unpaired) electrons. The molecule has 0 aliphatic rings. The molecule has 5 nitrogen and oxygen atoms in total. The van der Waals surface area contributed by atoms with Gasteiger partial charge < -0.3 is 4.90 Å². The minimum Gasteiger partial charge on any atom is -0.378 e. The second kappa shape index (κ2) is 8.49. The quantitative estimate of drug-likeness (QED) is 0.413. The van der Waals surface area contributed by atoms with Crippen molar-refractivity contribution >= 4 is 40.5 Å². The molecule has 0 fully saturated rings. The number of anilines is 1. The molecule has 1 amide bonds. The van der Waals surface area contributed by atoms with Gasteiger partial charge in [0.1, 0.15) is 0 Å². The van der Waals surface area contributed by atoms with Gasteiger partial charge in [0.25, 0.3) is 0 Å². The first-order chi connectivity index (χ1) is 12.6. The maximum Gasteiger partial charge on any atom is 0.250 e. The molecule has 0 bridgehead atoms. The first-order valence-electron chi connectivity index (χ1n) is 8.20. The molecule has 26 heavy (non-hydrogen) atoms. The van der Waals surface area contributed by atoms with Crippen molar-refractivity contribution in [1.29, 1.82) is 0 Å². The van der Waals surface area contributed by atoms with Crippen LogP contribution in [0.25, 0.3) is 10.9 Å². The summed E-state index contributed by atoms with van der Waals surface area (Å²) in [5, 5.41) is 5.92. The van der Waals surface area contributed by atoms with Gasteiger partial charge in [0.05, 0.1) is 22.5 Å². The molecule has 3 rings (SSSR count). The molecule has 0 saturated heterocycles. The number of carbonyl (C=O) groups is 1. The standard InChI is InChI=1S/C20H20N4OS/c1-24(2)17-10-7-15(8-11-17)13-21-23-19(25)14-26-20-12-9-16-5-3-4-6-18(16)22-20/h3-13H,14H2,1-2H3,(H,23,25). The summed E-state index contributed by atoms with van der Waals surface area (Å²) in [6.45, 7) is 0. The second-order valence-corrected chi connectivity index (χ2v) is 6.91. The Balaban J connectivity index is 1.50. The van der Waals surface area contributed by atoms with Gasteiger partial charge in [-0.1, -0.05) is 48.2 Å². The van der Waals surface area contributed by atoms with Crippen LogP contribution in [0.5, 0.6) is 0 Å². The molecule has 132 valence electrons. The third kappa shape index (κ3) is 4.83. The van der Waals surface area contributed by atoms with Crippen molar-refractivity contribution in [2.45, 2.75) is 5.03 Å². The Kier molecular flexibility index (Phi) is 5.86. The van der Waals surface area contributed by atoms with Crippen LogP contribution in [0, 0.1) is 0 Å². The van der Waals surface area contributed by atoms with Gasteiger partial charge >= 0.3 is 0 Å². The molecule has 0 atom stereocenters. The van der Waals surface area contributed by atoms with Gasteiger partial charge in [0.2, 0.25) is 5.91 Å².